The van der Waals surface area contributed by atoms with Crippen LogP contribution in [0.3, 0.4) is 0 Å². The smallest absolute Gasteiger partial charge is 0.325 e. The number of rotatable bonds is 9. The molecule has 0 amide bonds. The molecule has 1 aliphatic heterocycles. The lowest BCUT2D eigenvalue weighted by molar-refractivity contribution is -0.144. The number of benzene rings is 3. The van der Waals surface area contributed by atoms with E-state index in [1.54, 1.807) is 7.11 Å². The van der Waals surface area contributed by atoms with E-state index in [-0.39, 0.29) is 0 Å². The lowest BCUT2D eigenvalue weighted by atomic mass is 9.91. The molecule has 0 bridgehead atoms. The number of carboxylic acids is 1. The number of aryl methyl sites for hydroxylation is 1. The van der Waals surface area contributed by atoms with E-state index in [1.165, 1.54) is 0 Å². The highest BCUT2D eigenvalue weighted by molar-refractivity contribution is 5.77. The summed E-state index contributed by atoms with van der Waals surface area (Å²) in [5.41, 5.74) is 4.58. The fraction of sp³-hybridized carbons (Fsp3) is 0.267. The minimum Gasteiger partial charge on any atom is -0.493 e. The monoisotopic (exact) mass is 498 g/mol. The first-order valence-corrected chi connectivity index (χ1v) is 12.4. The molecule has 3 aromatic carbocycles. The Bertz CT molecular complexity index is 1370. The van der Waals surface area contributed by atoms with Crippen LogP contribution in [0.25, 0.3) is 11.5 Å². The van der Waals surface area contributed by atoms with Gasteiger partial charge in [0.15, 0.2) is 11.5 Å². The average Bonchev–Trinajstić information content (AvgIpc) is 3.29. The molecule has 190 valence electrons. The highest BCUT2D eigenvalue weighted by atomic mass is 16.5. The van der Waals surface area contributed by atoms with Gasteiger partial charge in [-0.15, -0.1) is 0 Å². The van der Waals surface area contributed by atoms with Crippen molar-refractivity contribution in [2.24, 2.45) is 0 Å². The molecule has 0 aliphatic carbocycles. The molecule has 1 atom stereocenters. The summed E-state index contributed by atoms with van der Waals surface area (Å²) in [6.45, 7) is 3.51. The third kappa shape index (κ3) is 5.37. The normalized spacial score (nSPS) is 15.2. The average molecular weight is 499 g/mol. The van der Waals surface area contributed by atoms with Crippen LogP contribution >= 0.6 is 0 Å². The van der Waals surface area contributed by atoms with Crippen LogP contribution in [0, 0.1) is 6.92 Å². The summed E-state index contributed by atoms with van der Waals surface area (Å²) in [6, 6.07) is 22.7. The number of aromatic nitrogens is 1. The number of carboxylic acid groups (broad SMARTS) is 1. The van der Waals surface area contributed by atoms with Gasteiger partial charge in [-0.1, -0.05) is 48.5 Å². The second-order valence-corrected chi connectivity index (χ2v) is 9.14. The Labute approximate surface area is 216 Å². The van der Waals surface area contributed by atoms with E-state index in [9.17, 15) is 9.90 Å². The number of hydrogen-bond donors (Lipinski definition) is 1. The Kier molecular flexibility index (Phi) is 7.23. The molecule has 1 N–H and O–H groups in total. The van der Waals surface area contributed by atoms with Crippen LogP contribution in [0.4, 0.5) is 0 Å². The topological polar surface area (TPSA) is 85.0 Å². The molecule has 37 heavy (non-hydrogen) atoms. The van der Waals surface area contributed by atoms with Gasteiger partial charge < -0.3 is 19.0 Å². The Hall–Kier alpha value is -4.10. The van der Waals surface area contributed by atoms with Crippen molar-refractivity contribution < 1.29 is 23.8 Å². The first-order valence-electron chi connectivity index (χ1n) is 12.4. The van der Waals surface area contributed by atoms with Gasteiger partial charge >= 0.3 is 5.97 Å². The molecule has 0 radical (unpaired) electrons. The Morgan fingerprint density at radius 3 is 2.51 bits per heavy atom. The molecule has 1 unspecified atom stereocenters. The third-order valence-electron chi connectivity index (χ3n) is 6.73. The Balaban J connectivity index is 1.32. The maximum Gasteiger partial charge on any atom is 0.325 e. The predicted octanol–water partition coefficient (Wildman–Crippen LogP) is 5.46. The fourth-order valence-corrected chi connectivity index (χ4v) is 4.85. The molecule has 0 fully saturated rings. The number of hydrogen-bond acceptors (Lipinski definition) is 6. The quantitative estimate of drug-likeness (QED) is 0.328. The summed E-state index contributed by atoms with van der Waals surface area (Å²) in [7, 11) is 1.57. The van der Waals surface area contributed by atoms with Crippen molar-refractivity contribution in [1.82, 2.24) is 9.88 Å². The lowest BCUT2D eigenvalue weighted by Crippen LogP contribution is -2.39. The summed E-state index contributed by atoms with van der Waals surface area (Å²) in [6.07, 6.45) is 1.31. The third-order valence-corrected chi connectivity index (χ3v) is 6.73. The maximum absolute atomic E-state index is 12.3. The number of ether oxygens (including phenoxy) is 2. The minimum atomic E-state index is -0.872. The van der Waals surface area contributed by atoms with Crippen molar-refractivity contribution in [2.45, 2.75) is 32.4 Å². The van der Waals surface area contributed by atoms with Gasteiger partial charge in [0.2, 0.25) is 5.89 Å². The Morgan fingerprint density at radius 2 is 1.81 bits per heavy atom. The fourth-order valence-electron chi connectivity index (χ4n) is 4.85. The second kappa shape index (κ2) is 10.9. The van der Waals surface area contributed by atoms with Crippen molar-refractivity contribution in [3.8, 4) is 23.0 Å². The molecule has 0 saturated carbocycles. The molecule has 1 aliphatic rings. The minimum absolute atomic E-state index is 0.388. The molecule has 7 nitrogen and oxygen atoms in total. The number of methoxy groups -OCH3 is 1. The number of fused-ring (bicyclic) bond motifs is 1. The molecule has 0 spiro atoms. The first-order chi connectivity index (χ1) is 18.0. The molecule has 0 saturated heterocycles. The SMILES string of the molecule is COc1cc2c(cc1OCCc1nc(-c3ccccc3)oc1C)CCN(Cc1ccccc1)C2C(=O)O. The number of nitrogens with zero attached hydrogens (tertiary/aromatic N) is 2. The zero-order valence-electron chi connectivity index (χ0n) is 21.0. The van der Waals surface area contributed by atoms with Gasteiger partial charge in [-0.2, -0.15) is 0 Å². The van der Waals surface area contributed by atoms with Crippen molar-refractivity contribution in [2.75, 3.05) is 20.3 Å². The number of carbonyl (C=O) groups is 1. The molecule has 4 aromatic rings. The summed E-state index contributed by atoms with van der Waals surface area (Å²) < 4.78 is 17.6. The van der Waals surface area contributed by atoms with Crippen molar-refractivity contribution >= 4 is 5.97 Å². The Morgan fingerprint density at radius 1 is 1.08 bits per heavy atom. The summed E-state index contributed by atoms with van der Waals surface area (Å²) >= 11 is 0. The van der Waals surface area contributed by atoms with E-state index in [2.05, 4.69) is 4.98 Å². The van der Waals surface area contributed by atoms with Crippen molar-refractivity contribution in [3.05, 3.63) is 101 Å². The molecule has 1 aromatic heterocycles. The predicted molar refractivity (Wildman–Crippen MR) is 140 cm³/mol. The van der Waals surface area contributed by atoms with E-state index in [4.69, 9.17) is 13.9 Å². The van der Waals surface area contributed by atoms with Gasteiger partial charge in [0.1, 0.15) is 11.8 Å². The van der Waals surface area contributed by atoms with Crippen LogP contribution in [0.2, 0.25) is 0 Å². The summed E-state index contributed by atoms with van der Waals surface area (Å²) in [5.74, 6) is 1.62. The van der Waals surface area contributed by atoms with E-state index in [0.29, 0.717) is 43.5 Å². The zero-order valence-corrected chi connectivity index (χ0v) is 21.0. The van der Waals surface area contributed by atoms with Gasteiger partial charge in [-0.05, 0) is 54.3 Å². The van der Waals surface area contributed by atoms with Crippen LogP contribution in [0.5, 0.6) is 11.5 Å². The molecule has 2 heterocycles. The zero-order chi connectivity index (χ0) is 25.8. The van der Waals surface area contributed by atoms with E-state index in [0.717, 1.165) is 40.1 Å². The highest BCUT2D eigenvalue weighted by Gasteiger charge is 2.34. The van der Waals surface area contributed by atoms with Crippen LogP contribution in [-0.2, 0) is 24.2 Å². The van der Waals surface area contributed by atoms with Gasteiger partial charge in [0.05, 0.1) is 19.4 Å². The van der Waals surface area contributed by atoms with E-state index < -0.39 is 12.0 Å². The largest absolute Gasteiger partial charge is 0.493 e. The van der Waals surface area contributed by atoms with E-state index in [1.807, 2.05) is 84.6 Å². The highest BCUT2D eigenvalue weighted by Crippen LogP contribution is 2.39. The van der Waals surface area contributed by atoms with Crippen LogP contribution in [0.1, 0.15) is 34.2 Å². The summed E-state index contributed by atoms with van der Waals surface area (Å²) in [5, 5.41) is 10.1. The van der Waals surface area contributed by atoms with E-state index >= 15 is 0 Å². The van der Waals surface area contributed by atoms with Crippen LogP contribution in [-0.4, -0.2) is 41.2 Å². The second-order valence-electron chi connectivity index (χ2n) is 9.14. The maximum atomic E-state index is 12.3. The van der Waals surface area contributed by atoms with Crippen molar-refractivity contribution in [1.29, 1.82) is 0 Å². The molecular weight excluding hydrogens is 468 g/mol. The number of oxazole rings is 1. The van der Waals surface area contributed by atoms with Crippen LogP contribution < -0.4 is 9.47 Å². The van der Waals surface area contributed by atoms with Gasteiger partial charge in [0, 0.05) is 25.1 Å². The number of aliphatic carboxylic acids is 1. The molecule has 5 rings (SSSR count). The first kappa shape index (κ1) is 24.6. The standard InChI is InChI=1S/C30H30N2O5/c1-20-25(31-29(37-20)22-11-7-4-8-12-22)14-16-36-27-17-23-13-15-32(19-21-9-5-3-6-10-21)28(30(33)34)24(23)18-26(27)35-2/h3-12,17-18,28H,13-16,19H2,1-2H3,(H,33,34). The lowest BCUT2D eigenvalue weighted by Gasteiger charge is -2.35. The van der Waals surface area contributed by atoms with Gasteiger partial charge in [-0.3, -0.25) is 9.69 Å². The van der Waals surface area contributed by atoms with Crippen molar-refractivity contribution in [3.63, 3.8) is 0 Å². The van der Waals surface area contributed by atoms with Gasteiger partial charge in [0.25, 0.3) is 0 Å². The van der Waals surface area contributed by atoms with Crippen LogP contribution in [0.15, 0.2) is 77.2 Å². The summed E-state index contributed by atoms with van der Waals surface area (Å²) in [4.78, 5) is 19.0. The van der Waals surface area contributed by atoms with Gasteiger partial charge in [-0.25, -0.2) is 4.98 Å². The molecule has 7 heteroatoms. The molecular formula is C30H30N2O5.